The van der Waals surface area contributed by atoms with Crippen molar-refractivity contribution in [2.24, 2.45) is 0 Å². The van der Waals surface area contributed by atoms with E-state index < -0.39 is 5.82 Å². The van der Waals surface area contributed by atoms with Crippen molar-refractivity contribution in [2.75, 3.05) is 7.05 Å². The average molecular weight is 277 g/mol. The quantitative estimate of drug-likeness (QED) is 0.902. The summed E-state index contributed by atoms with van der Waals surface area (Å²) >= 11 is 0. The van der Waals surface area contributed by atoms with Crippen LogP contribution in [0.25, 0.3) is 0 Å². The topological polar surface area (TPSA) is 21.3 Å². The summed E-state index contributed by atoms with van der Waals surface area (Å²) in [6.45, 7) is 2.31. The Morgan fingerprint density at radius 1 is 1.15 bits per heavy atom. The van der Waals surface area contributed by atoms with Gasteiger partial charge in [0.15, 0.2) is 11.6 Å². The molecule has 2 aromatic rings. The van der Waals surface area contributed by atoms with E-state index in [1.807, 2.05) is 7.05 Å². The van der Waals surface area contributed by atoms with Gasteiger partial charge in [-0.25, -0.2) is 8.78 Å². The molecule has 0 amide bonds. The average Bonchev–Trinajstić information content (AvgIpc) is 2.44. The minimum atomic E-state index is -0.403. The highest BCUT2D eigenvalue weighted by Gasteiger charge is 2.08. The Bertz CT molecular complexity index is 599. The summed E-state index contributed by atoms with van der Waals surface area (Å²) in [6, 6.07) is 9.75. The lowest BCUT2D eigenvalue weighted by Gasteiger charge is -2.10. The number of halogens is 2. The van der Waals surface area contributed by atoms with Gasteiger partial charge in [-0.05, 0) is 43.3 Å². The zero-order valence-electron chi connectivity index (χ0n) is 11.5. The number of ether oxygens (including phenoxy) is 1. The van der Waals surface area contributed by atoms with Crippen LogP contribution >= 0.6 is 0 Å². The molecule has 0 heterocycles. The number of hydrogen-bond donors (Lipinski definition) is 1. The summed E-state index contributed by atoms with van der Waals surface area (Å²) in [5.74, 6) is -0.611. The molecule has 2 nitrogen and oxygen atoms in total. The van der Waals surface area contributed by atoms with Crippen LogP contribution < -0.4 is 10.1 Å². The van der Waals surface area contributed by atoms with Gasteiger partial charge in [0.1, 0.15) is 12.4 Å². The van der Waals surface area contributed by atoms with Gasteiger partial charge in [0.25, 0.3) is 0 Å². The lowest BCUT2D eigenvalue weighted by Crippen LogP contribution is -2.07. The summed E-state index contributed by atoms with van der Waals surface area (Å²) in [7, 11) is 1.82. The van der Waals surface area contributed by atoms with Gasteiger partial charge >= 0.3 is 0 Å². The maximum atomic E-state index is 13.8. The highest BCUT2D eigenvalue weighted by atomic mass is 19.1. The van der Waals surface area contributed by atoms with Crippen LogP contribution in [0.15, 0.2) is 36.4 Å². The predicted molar refractivity (Wildman–Crippen MR) is 74.6 cm³/mol. The Hall–Kier alpha value is -1.94. The highest BCUT2D eigenvalue weighted by Crippen LogP contribution is 2.21. The number of aryl methyl sites for hydroxylation is 1. The zero-order valence-corrected chi connectivity index (χ0v) is 11.5. The second kappa shape index (κ2) is 6.48. The van der Waals surface area contributed by atoms with Crippen molar-refractivity contribution in [1.29, 1.82) is 0 Å². The van der Waals surface area contributed by atoms with E-state index >= 15 is 0 Å². The number of rotatable bonds is 5. The Balaban J connectivity index is 2.14. The van der Waals surface area contributed by atoms with Gasteiger partial charge < -0.3 is 10.1 Å². The van der Waals surface area contributed by atoms with Gasteiger partial charge in [-0.15, -0.1) is 0 Å². The summed E-state index contributed by atoms with van der Waals surface area (Å²) < 4.78 is 32.9. The minimum absolute atomic E-state index is 0.00373. The normalized spacial score (nSPS) is 10.6. The summed E-state index contributed by atoms with van der Waals surface area (Å²) in [4.78, 5) is 0. The first-order valence-corrected chi connectivity index (χ1v) is 6.41. The van der Waals surface area contributed by atoms with E-state index in [-0.39, 0.29) is 18.2 Å². The summed E-state index contributed by atoms with van der Waals surface area (Å²) in [6.07, 6.45) is 0. The molecule has 0 bridgehead atoms. The fraction of sp³-hybridized carbons (Fsp3) is 0.250. The number of benzene rings is 2. The molecular formula is C16H17F2NO. The number of hydrogen-bond acceptors (Lipinski definition) is 2. The molecule has 4 heteroatoms. The molecule has 0 radical (unpaired) electrons. The van der Waals surface area contributed by atoms with Gasteiger partial charge in [0.2, 0.25) is 0 Å². The molecule has 0 aliphatic heterocycles. The van der Waals surface area contributed by atoms with Crippen molar-refractivity contribution in [2.45, 2.75) is 20.1 Å². The number of nitrogens with one attached hydrogen (secondary N) is 1. The molecule has 0 saturated heterocycles. The van der Waals surface area contributed by atoms with Gasteiger partial charge in [0, 0.05) is 12.1 Å². The lowest BCUT2D eigenvalue weighted by molar-refractivity contribution is 0.284. The van der Waals surface area contributed by atoms with E-state index in [0.29, 0.717) is 17.7 Å². The third-order valence-corrected chi connectivity index (χ3v) is 3.03. The van der Waals surface area contributed by atoms with Crippen molar-refractivity contribution < 1.29 is 13.5 Å². The molecule has 106 valence electrons. The van der Waals surface area contributed by atoms with Crippen molar-refractivity contribution in [3.63, 3.8) is 0 Å². The lowest BCUT2D eigenvalue weighted by atomic mass is 10.1. The first-order chi connectivity index (χ1) is 9.61. The highest BCUT2D eigenvalue weighted by molar-refractivity contribution is 5.31. The first-order valence-electron chi connectivity index (χ1n) is 6.41. The maximum Gasteiger partial charge on any atom is 0.167 e. The smallest absolute Gasteiger partial charge is 0.167 e. The fourth-order valence-electron chi connectivity index (χ4n) is 1.94. The van der Waals surface area contributed by atoms with Crippen LogP contribution in [0.5, 0.6) is 5.75 Å². The van der Waals surface area contributed by atoms with Crippen LogP contribution in [0.4, 0.5) is 8.78 Å². The van der Waals surface area contributed by atoms with Crippen molar-refractivity contribution in [3.05, 3.63) is 64.7 Å². The van der Waals surface area contributed by atoms with Gasteiger partial charge in [-0.2, -0.15) is 0 Å². The Morgan fingerprint density at radius 2 is 1.95 bits per heavy atom. The fourth-order valence-corrected chi connectivity index (χ4v) is 1.94. The molecule has 0 aromatic heterocycles. The van der Waals surface area contributed by atoms with Crippen molar-refractivity contribution in [1.82, 2.24) is 5.32 Å². The van der Waals surface area contributed by atoms with Crippen molar-refractivity contribution >= 4 is 0 Å². The third-order valence-electron chi connectivity index (χ3n) is 3.03. The van der Waals surface area contributed by atoms with Crippen LogP contribution in [0.2, 0.25) is 0 Å². The molecule has 20 heavy (non-hydrogen) atoms. The van der Waals surface area contributed by atoms with Crippen LogP contribution in [-0.4, -0.2) is 7.05 Å². The van der Waals surface area contributed by atoms with Crippen LogP contribution in [0.1, 0.15) is 16.7 Å². The predicted octanol–water partition coefficient (Wildman–Crippen LogP) is 3.57. The molecule has 0 aliphatic rings. The molecular weight excluding hydrogens is 260 g/mol. The summed E-state index contributed by atoms with van der Waals surface area (Å²) in [5, 5.41) is 3.00. The molecule has 2 aromatic carbocycles. The minimum Gasteiger partial charge on any atom is -0.486 e. The molecule has 0 fully saturated rings. The standard InChI is InChI=1S/C16H17F2NO/c1-11-4-3-5-15(16(11)18)20-10-13-8-12(9-19-2)6-7-14(13)17/h3-8,19H,9-10H2,1-2H3. The second-order valence-corrected chi connectivity index (χ2v) is 4.63. The van der Waals surface area contributed by atoms with Gasteiger partial charge in [-0.1, -0.05) is 18.2 Å². The van der Waals surface area contributed by atoms with Crippen LogP contribution in [-0.2, 0) is 13.2 Å². The third kappa shape index (κ3) is 3.33. The van der Waals surface area contributed by atoms with E-state index in [1.54, 1.807) is 31.2 Å². The van der Waals surface area contributed by atoms with E-state index in [0.717, 1.165) is 5.56 Å². The molecule has 1 N–H and O–H groups in total. The second-order valence-electron chi connectivity index (χ2n) is 4.63. The Labute approximate surface area is 117 Å². The molecule has 0 unspecified atom stereocenters. The molecule has 0 spiro atoms. The van der Waals surface area contributed by atoms with Crippen molar-refractivity contribution in [3.8, 4) is 5.75 Å². The van der Waals surface area contributed by atoms with E-state index in [2.05, 4.69) is 5.32 Å². The molecule has 0 saturated carbocycles. The van der Waals surface area contributed by atoms with E-state index in [1.165, 1.54) is 12.1 Å². The Morgan fingerprint density at radius 3 is 2.70 bits per heavy atom. The zero-order chi connectivity index (χ0) is 14.5. The molecule has 2 rings (SSSR count). The molecule has 0 atom stereocenters. The first kappa shape index (κ1) is 14.5. The van der Waals surface area contributed by atoms with Gasteiger partial charge in [-0.3, -0.25) is 0 Å². The molecule has 0 aliphatic carbocycles. The SMILES string of the molecule is CNCc1ccc(F)c(COc2cccc(C)c2F)c1. The summed E-state index contributed by atoms with van der Waals surface area (Å²) in [5.41, 5.74) is 1.88. The maximum absolute atomic E-state index is 13.8. The van der Waals surface area contributed by atoms with Gasteiger partial charge in [0.05, 0.1) is 0 Å². The monoisotopic (exact) mass is 277 g/mol. The Kier molecular flexibility index (Phi) is 4.69. The van der Waals surface area contributed by atoms with E-state index in [9.17, 15) is 8.78 Å². The largest absolute Gasteiger partial charge is 0.486 e. The van der Waals surface area contributed by atoms with E-state index in [4.69, 9.17) is 4.74 Å². The van der Waals surface area contributed by atoms with Crippen LogP contribution in [0, 0.1) is 18.6 Å². The van der Waals surface area contributed by atoms with Crippen LogP contribution in [0.3, 0.4) is 0 Å².